The molecule has 7 heteroatoms. The number of nitrogens with zero attached hydrogens (tertiary/aromatic N) is 1. The lowest BCUT2D eigenvalue weighted by Crippen LogP contribution is -2.11. The van der Waals surface area contributed by atoms with Gasteiger partial charge in [0.05, 0.1) is 22.8 Å². The highest BCUT2D eigenvalue weighted by molar-refractivity contribution is 7.14. The molecular weight excluding hydrogens is 367 g/mol. The number of methoxy groups -OCH3 is 1. The van der Waals surface area contributed by atoms with Crippen LogP contribution in [0.5, 0.6) is 5.75 Å². The van der Waals surface area contributed by atoms with Crippen LogP contribution >= 0.6 is 34.5 Å². The Hall–Kier alpha value is -2.08. The number of ether oxygens (including phenoxy) is 1. The summed E-state index contributed by atoms with van der Waals surface area (Å²) in [5.74, 6) is 0.492. The van der Waals surface area contributed by atoms with Crippen LogP contribution in [0.3, 0.4) is 0 Å². The van der Waals surface area contributed by atoms with Gasteiger partial charge in [0.2, 0.25) is 0 Å². The smallest absolute Gasteiger partial charge is 0.257 e. The van der Waals surface area contributed by atoms with Gasteiger partial charge in [0.1, 0.15) is 5.75 Å². The van der Waals surface area contributed by atoms with Gasteiger partial charge in [0.25, 0.3) is 5.91 Å². The highest BCUT2D eigenvalue weighted by atomic mass is 35.5. The summed E-state index contributed by atoms with van der Waals surface area (Å²) in [5.41, 5.74) is 2.15. The molecule has 4 nitrogen and oxygen atoms in total. The van der Waals surface area contributed by atoms with E-state index in [2.05, 4.69) is 10.3 Å². The zero-order valence-electron chi connectivity index (χ0n) is 12.5. The van der Waals surface area contributed by atoms with Crippen LogP contribution in [0.1, 0.15) is 10.4 Å². The van der Waals surface area contributed by atoms with Crippen LogP contribution in [0.15, 0.2) is 47.8 Å². The molecule has 0 fully saturated rings. The number of rotatable bonds is 4. The Morgan fingerprint density at radius 1 is 1.12 bits per heavy atom. The predicted molar refractivity (Wildman–Crippen MR) is 98.5 cm³/mol. The third-order valence-corrected chi connectivity index (χ3v) is 4.79. The molecule has 0 saturated heterocycles. The molecule has 0 aliphatic heterocycles. The fraction of sp³-hybridized carbons (Fsp3) is 0.0588. The van der Waals surface area contributed by atoms with Crippen molar-refractivity contribution in [2.24, 2.45) is 0 Å². The molecule has 0 atom stereocenters. The number of anilines is 1. The summed E-state index contributed by atoms with van der Waals surface area (Å²) in [7, 11) is 1.62. The highest BCUT2D eigenvalue weighted by Gasteiger charge is 2.11. The molecule has 0 saturated carbocycles. The van der Waals surface area contributed by atoms with E-state index in [0.29, 0.717) is 20.7 Å². The van der Waals surface area contributed by atoms with Crippen molar-refractivity contribution in [3.63, 3.8) is 0 Å². The normalized spacial score (nSPS) is 10.5. The standard InChI is InChI=1S/C17H12Cl2N2O2S/c1-23-12-5-2-10(3-6-12)15-9-24-17(20-15)21-16(22)11-4-7-13(18)14(19)8-11/h2-9H,1H3,(H,20,21,22). The number of carbonyl (C=O) groups is 1. The third kappa shape index (κ3) is 3.70. The lowest BCUT2D eigenvalue weighted by Gasteiger charge is -2.03. The van der Waals surface area contributed by atoms with Crippen LogP contribution in [0.25, 0.3) is 11.3 Å². The average molecular weight is 379 g/mol. The summed E-state index contributed by atoms with van der Waals surface area (Å²) >= 11 is 13.1. The fourth-order valence-electron chi connectivity index (χ4n) is 2.03. The Morgan fingerprint density at radius 2 is 1.88 bits per heavy atom. The Labute approximate surface area is 153 Å². The molecule has 0 aliphatic rings. The Morgan fingerprint density at radius 3 is 2.54 bits per heavy atom. The minimum absolute atomic E-state index is 0.288. The summed E-state index contributed by atoms with van der Waals surface area (Å²) in [6.07, 6.45) is 0. The molecule has 1 amide bonds. The quantitative estimate of drug-likeness (QED) is 0.662. The molecule has 24 heavy (non-hydrogen) atoms. The molecule has 1 N–H and O–H groups in total. The first-order valence-electron chi connectivity index (χ1n) is 6.93. The maximum atomic E-state index is 12.2. The van der Waals surface area contributed by atoms with E-state index in [1.165, 1.54) is 17.4 Å². The fourth-order valence-corrected chi connectivity index (χ4v) is 3.04. The van der Waals surface area contributed by atoms with E-state index in [0.717, 1.165) is 17.0 Å². The van der Waals surface area contributed by atoms with Gasteiger partial charge in [-0.15, -0.1) is 11.3 Å². The average Bonchev–Trinajstić information content (AvgIpc) is 3.06. The van der Waals surface area contributed by atoms with E-state index in [-0.39, 0.29) is 5.91 Å². The lowest BCUT2D eigenvalue weighted by molar-refractivity contribution is 0.102. The van der Waals surface area contributed by atoms with Gasteiger partial charge in [-0.3, -0.25) is 10.1 Å². The van der Waals surface area contributed by atoms with Crippen molar-refractivity contribution >= 4 is 45.6 Å². The zero-order valence-corrected chi connectivity index (χ0v) is 14.9. The van der Waals surface area contributed by atoms with E-state index in [1.54, 1.807) is 19.2 Å². The summed E-state index contributed by atoms with van der Waals surface area (Å²) in [5, 5.41) is 5.89. The molecule has 0 spiro atoms. The molecule has 2 aromatic carbocycles. The number of nitrogens with one attached hydrogen (secondary N) is 1. The maximum Gasteiger partial charge on any atom is 0.257 e. The highest BCUT2D eigenvalue weighted by Crippen LogP contribution is 2.27. The van der Waals surface area contributed by atoms with Gasteiger partial charge < -0.3 is 4.74 Å². The van der Waals surface area contributed by atoms with E-state index in [1.807, 2.05) is 29.6 Å². The number of thiazole rings is 1. The van der Waals surface area contributed by atoms with Gasteiger partial charge in [0.15, 0.2) is 5.13 Å². The topological polar surface area (TPSA) is 51.2 Å². The van der Waals surface area contributed by atoms with Crippen LogP contribution in [-0.2, 0) is 0 Å². The number of benzene rings is 2. The number of carbonyl (C=O) groups excluding carboxylic acids is 1. The van der Waals surface area contributed by atoms with E-state index >= 15 is 0 Å². The molecule has 0 radical (unpaired) electrons. The van der Waals surface area contributed by atoms with Gasteiger partial charge in [-0.2, -0.15) is 0 Å². The van der Waals surface area contributed by atoms with Crippen LogP contribution in [0, 0.1) is 0 Å². The first-order valence-corrected chi connectivity index (χ1v) is 8.57. The van der Waals surface area contributed by atoms with Crippen molar-refractivity contribution < 1.29 is 9.53 Å². The summed E-state index contributed by atoms with van der Waals surface area (Å²) in [6, 6.07) is 12.3. The van der Waals surface area contributed by atoms with Crippen molar-refractivity contribution in [3.8, 4) is 17.0 Å². The van der Waals surface area contributed by atoms with Crippen LogP contribution in [0.4, 0.5) is 5.13 Å². The van der Waals surface area contributed by atoms with Crippen molar-refractivity contribution in [2.45, 2.75) is 0 Å². The molecular formula is C17H12Cl2N2O2S. The summed E-state index contributed by atoms with van der Waals surface area (Å²) < 4.78 is 5.13. The van der Waals surface area contributed by atoms with Crippen molar-refractivity contribution in [1.82, 2.24) is 4.98 Å². The second-order valence-corrected chi connectivity index (χ2v) is 6.52. The van der Waals surface area contributed by atoms with Crippen molar-refractivity contribution in [3.05, 3.63) is 63.5 Å². The second kappa shape index (κ2) is 7.21. The minimum atomic E-state index is -0.288. The molecule has 1 aromatic heterocycles. The first kappa shape index (κ1) is 16.8. The zero-order chi connectivity index (χ0) is 17.1. The van der Waals surface area contributed by atoms with Gasteiger partial charge in [-0.25, -0.2) is 4.98 Å². The number of halogens is 2. The first-order chi connectivity index (χ1) is 11.6. The molecule has 0 bridgehead atoms. The molecule has 0 unspecified atom stereocenters. The largest absolute Gasteiger partial charge is 0.497 e. The molecule has 3 aromatic rings. The van der Waals surface area contributed by atoms with Crippen LogP contribution < -0.4 is 10.1 Å². The van der Waals surface area contributed by atoms with Crippen molar-refractivity contribution in [1.29, 1.82) is 0 Å². The maximum absolute atomic E-state index is 12.2. The van der Waals surface area contributed by atoms with Crippen LogP contribution in [-0.4, -0.2) is 18.0 Å². The Balaban J connectivity index is 1.75. The Kier molecular flexibility index (Phi) is 5.04. The van der Waals surface area contributed by atoms with E-state index in [9.17, 15) is 4.79 Å². The monoisotopic (exact) mass is 378 g/mol. The molecule has 3 rings (SSSR count). The van der Waals surface area contributed by atoms with Gasteiger partial charge in [-0.05, 0) is 42.5 Å². The van der Waals surface area contributed by atoms with Gasteiger partial charge in [0, 0.05) is 16.5 Å². The summed E-state index contributed by atoms with van der Waals surface area (Å²) in [4.78, 5) is 16.7. The lowest BCUT2D eigenvalue weighted by atomic mass is 10.2. The molecule has 0 aliphatic carbocycles. The molecule has 1 heterocycles. The third-order valence-electron chi connectivity index (χ3n) is 3.29. The number of hydrogen-bond acceptors (Lipinski definition) is 4. The van der Waals surface area contributed by atoms with Crippen molar-refractivity contribution in [2.75, 3.05) is 12.4 Å². The number of aromatic nitrogens is 1. The second-order valence-electron chi connectivity index (χ2n) is 4.85. The van der Waals surface area contributed by atoms with E-state index < -0.39 is 0 Å². The predicted octanol–water partition coefficient (Wildman–Crippen LogP) is 5.38. The summed E-state index contributed by atoms with van der Waals surface area (Å²) in [6.45, 7) is 0. The Bertz CT molecular complexity index is 879. The SMILES string of the molecule is COc1ccc(-c2csc(NC(=O)c3ccc(Cl)c(Cl)c3)n2)cc1. The van der Waals surface area contributed by atoms with E-state index in [4.69, 9.17) is 27.9 Å². The number of hydrogen-bond donors (Lipinski definition) is 1. The van der Waals surface area contributed by atoms with Gasteiger partial charge in [-0.1, -0.05) is 23.2 Å². The molecule has 122 valence electrons. The van der Waals surface area contributed by atoms with Crippen LogP contribution in [0.2, 0.25) is 10.0 Å². The minimum Gasteiger partial charge on any atom is -0.497 e. The van der Waals surface area contributed by atoms with Gasteiger partial charge >= 0.3 is 0 Å². The number of amides is 1.